The van der Waals surface area contributed by atoms with Crippen LogP contribution in [0.1, 0.15) is 90.2 Å². The van der Waals surface area contributed by atoms with Crippen LogP contribution in [-0.4, -0.2) is 30.5 Å². The minimum atomic E-state index is 0.323. The highest BCUT2D eigenvalue weighted by atomic mass is 16.5. The van der Waals surface area contributed by atoms with Crippen molar-refractivity contribution in [3.63, 3.8) is 0 Å². The highest BCUT2D eigenvalue weighted by Gasteiger charge is 2.61. The van der Waals surface area contributed by atoms with Gasteiger partial charge in [0.2, 0.25) is 5.91 Å². The van der Waals surface area contributed by atoms with Crippen molar-refractivity contribution in [3.05, 3.63) is 35.4 Å². The van der Waals surface area contributed by atoms with E-state index in [0.717, 1.165) is 50.2 Å². The van der Waals surface area contributed by atoms with Crippen molar-refractivity contribution in [1.82, 2.24) is 4.90 Å². The Morgan fingerprint density at radius 3 is 2.38 bits per heavy atom. The number of piperidine rings is 1. The Morgan fingerprint density at radius 2 is 1.65 bits per heavy atom. The zero-order valence-electron chi connectivity index (χ0n) is 22.3. The normalized spacial score (nSPS) is 39.6. The predicted molar refractivity (Wildman–Crippen MR) is 138 cm³/mol. The summed E-state index contributed by atoms with van der Waals surface area (Å²) in [6.07, 6.45) is 10.9. The van der Waals surface area contributed by atoms with Crippen LogP contribution in [0, 0.1) is 40.4 Å². The van der Waals surface area contributed by atoms with Gasteiger partial charge in [0.15, 0.2) is 0 Å². The first-order valence-electron chi connectivity index (χ1n) is 14.1. The van der Waals surface area contributed by atoms with Crippen LogP contribution in [0.5, 0.6) is 0 Å². The van der Waals surface area contributed by atoms with Crippen LogP contribution in [0.25, 0.3) is 0 Å². The molecule has 5 rings (SSSR count). The molecule has 0 bridgehead atoms. The van der Waals surface area contributed by atoms with E-state index in [4.69, 9.17) is 4.74 Å². The number of carbonyl (C=O) groups excluding carboxylic acids is 1. The van der Waals surface area contributed by atoms with Gasteiger partial charge in [0.05, 0.1) is 13.2 Å². The summed E-state index contributed by atoms with van der Waals surface area (Å²) >= 11 is 0. The lowest BCUT2D eigenvalue weighted by molar-refractivity contribution is -0.159. The maximum absolute atomic E-state index is 12.4. The average molecular weight is 466 g/mol. The van der Waals surface area contributed by atoms with Crippen LogP contribution in [0.4, 0.5) is 0 Å². The zero-order chi connectivity index (χ0) is 24.1. The second-order valence-corrected chi connectivity index (χ2v) is 13.2. The van der Waals surface area contributed by atoms with E-state index in [1.54, 1.807) is 0 Å². The average Bonchev–Trinajstić information content (AvgIpc) is 3.14. The van der Waals surface area contributed by atoms with Crippen molar-refractivity contribution in [2.75, 3.05) is 13.7 Å². The molecule has 1 aromatic rings. The summed E-state index contributed by atoms with van der Waals surface area (Å²) in [5.41, 5.74) is 3.49. The Bertz CT molecular complexity index is 878. The number of benzene rings is 1. The molecule has 0 aromatic heterocycles. The molecule has 7 atom stereocenters. The monoisotopic (exact) mass is 465 g/mol. The first-order valence-corrected chi connectivity index (χ1v) is 14.1. The summed E-state index contributed by atoms with van der Waals surface area (Å²) in [6, 6.07) is 9.53. The molecule has 34 heavy (non-hydrogen) atoms. The van der Waals surface area contributed by atoms with Gasteiger partial charge in [-0.05, 0) is 103 Å². The van der Waals surface area contributed by atoms with Gasteiger partial charge >= 0.3 is 0 Å². The van der Waals surface area contributed by atoms with Crippen LogP contribution in [0.3, 0.4) is 0 Å². The number of hydrogen-bond donors (Lipinski definition) is 0. The van der Waals surface area contributed by atoms with E-state index in [1.807, 2.05) is 0 Å². The third-order valence-corrected chi connectivity index (χ3v) is 11.0. The lowest BCUT2D eigenvalue weighted by Crippen LogP contribution is -2.61. The summed E-state index contributed by atoms with van der Waals surface area (Å²) in [6.45, 7) is 11.3. The third kappa shape index (κ3) is 4.14. The fourth-order valence-corrected chi connectivity index (χ4v) is 9.10. The number of nitrogens with zero attached hydrogens (tertiary/aromatic N) is 1. The molecule has 0 radical (unpaired) electrons. The molecule has 188 valence electrons. The van der Waals surface area contributed by atoms with Gasteiger partial charge in [0.25, 0.3) is 0 Å². The molecule has 2 unspecified atom stereocenters. The molecule has 4 aliphatic rings. The van der Waals surface area contributed by atoms with Crippen LogP contribution < -0.4 is 0 Å². The van der Waals surface area contributed by atoms with E-state index < -0.39 is 0 Å². The maximum atomic E-state index is 12.4. The minimum Gasteiger partial charge on any atom is -0.376 e. The largest absolute Gasteiger partial charge is 0.376 e. The van der Waals surface area contributed by atoms with Gasteiger partial charge in [0.1, 0.15) is 0 Å². The molecular formula is C31H47NO2. The number of likely N-dealkylation sites (tertiary alicyclic amines) is 1. The van der Waals surface area contributed by atoms with Crippen molar-refractivity contribution in [3.8, 4) is 0 Å². The Kier molecular flexibility index (Phi) is 6.63. The quantitative estimate of drug-likeness (QED) is 0.458. The van der Waals surface area contributed by atoms with Gasteiger partial charge < -0.3 is 9.64 Å². The van der Waals surface area contributed by atoms with E-state index in [-0.39, 0.29) is 0 Å². The molecule has 1 saturated heterocycles. The minimum absolute atomic E-state index is 0.323. The molecule has 1 aromatic carbocycles. The Labute approximate surface area is 208 Å². The molecule has 1 aliphatic heterocycles. The third-order valence-electron chi connectivity index (χ3n) is 11.0. The zero-order valence-corrected chi connectivity index (χ0v) is 22.3. The van der Waals surface area contributed by atoms with Crippen LogP contribution >= 0.6 is 0 Å². The molecule has 4 fully saturated rings. The highest BCUT2D eigenvalue weighted by molar-refractivity contribution is 5.77. The summed E-state index contributed by atoms with van der Waals surface area (Å²) in [7, 11) is 2.07. The van der Waals surface area contributed by atoms with Gasteiger partial charge in [-0.25, -0.2) is 0 Å². The van der Waals surface area contributed by atoms with Gasteiger partial charge in [-0.2, -0.15) is 0 Å². The fraction of sp³-hybridized carbons (Fsp3) is 0.774. The van der Waals surface area contributed by atoms with Crippen molar-refractivity contribution in [2.24, 2.45) is 40.4 Å². The van der Waals surface area contributed by atoms with E-state index in [9.17, 15) is 4.79 Å². The molecule has 1 heterocycles. The lowest BCUT2D eigenvalue weighted by atomic mass is 9.47. The topological polar surface area (TPSA) is 29.5 Å². The number of ether oxygens (including phenoxy) is 1. The van der Waals surface area contributed by atoms with Crippen molar-refractivity contribution >= 4 is 5.91 Å². The van der Waals surface area contributed by atoms with Gasteiger partial charge in [-0.15, -0.1) is 0 Å². The molecule has 3 heteroatoms. The second-order valence-electron chi connectivity index (χ2n) is 13.2. The van der Waals surface area contributed by atoms with Crippen LogP contribution in [-0.2, 0) is 22.6 Å². The van der Waals surface area contributed by atoms with Crippen molar-refractivity contribution in [2.45, 2.75) is 98.1 Å². The molecule has 0 spiro atoms. The van der Waals surface area contributed by atoms with E-state index in [2.05, 4.69) is 63.9 Å². The lowest BCUT2D eigenvalue weighted by Gasteiger charge is -2.61. The Morgan fingerprint density at radius 1 is 0.941 bits per heavy atom. The number of carbonyl (C=O) groups is 1. The highest BCUT2D eigenvalue weighted by Crippen LogP contribution is 2.66. The van der Waals surface area contributed by atoms with E-state index >= 15 is 0 Å². The summed E-state index contributed by atoms with van der Waals surface area (Å²) in [5.74, 6) is 4.25. The molecular weight excluding hydrogens is 418 g/mol. The number of rotatable bonds is 6. The van der Waals surface area contributed by atoms with Gasteiger partial charge in [-0.3, -0.25) is 4.79 Å². The predicted octanol–water partition coefficient (Wildman–Crippen LogP) is 6.88. The summed E-state index contributed by atoms with van der Waals surface area (Å²) in [4.78, 5) is 14.5. The second kappa shape index (κ2) is 9.26. The number of fused-ring (bicyclic) bond motifs is 5. The standard InChI is InChI=1S/C31H47NO2/c1-21(2)18-22-6-8-23(9-7-22)19-34-20-24-10-12-26-25-11-13-28-31(4,17-15-29(33)32(28)5)27(25)14-16-30(24,26)3/h6-9,21,24-28H,10-20H2,1-5H3/t24?,25-,26-,27+,28?,30+,31+/m0/s1. The molecule has 0 N–H and O–H groups in total. The first-order chi connectivity index (χ1) is 16.2. The number of hydrogen-bond acceptors (Lipinski definition) is 2. The van der Waals surface area contributed by atoms with Crippen molar-refractivity contribution in [1.29, 1.82) is 0 Å². The van der Waals surface area contributed by atoms with Crippen LogP contribution in [0.15, 0.2) is 24.3 Å². The van der Waals surface area contributed by atoms with E-state index in [0.29, 0.717) is 34.6 Å². The SMILES string of the molecule is CC(C)Cc1ccc(COCC2CC[C@H]3[C@@H]4CCC5N(C)C(=O)CC[C@]5(C)[C@@H]4CC[C@]23C)cc1. The Hall–Kier alpha value is -1.35. The smallest absolute Gasteiger partial charge is 0.222 e. The van der Waals surface area contributed by atoms with Crippen LogP contribution in [0.2, 0.25) is 0 Å². The molecule has 3 aliphatic carbocycles. The summed E-state index contributed by atoms with van der Waals surface area (Å²) in [5, 5.41) is 0. The van der Waals surface area contributed by atoms with Crippen molar-refractivity contribution < 1.29 is 9.53 Å². The fourth-order valence-electron chi connectivity index (χ4n) is 9.10. The molecule has 3 nitrogen and oxygen atoms in total. The first kappa shape index (κ1) is 24.3. The van der Waals surface area contributed by atoms with E-state index in [1.165, 1.54) is 49.7 Å². The molecule has 3 saturated carbocycles. The number of amides is 1. The van der Waals surface area contributed by atoms with Gasteiger partial charge in [-0.1, -0.05) is 52.0 Å². The summed E-state index contributed by atoms with van der Waals surface area (Å²) < 4.78 is 6.36. The Balaban J connectivity index is 1.20. The van der Waals surface area contributed by atoms with Gasteiger partial charge in [0, 0.05) is 19.5 Å². The molecule has 1 amide bonds. The maximum Gasteiger partial charge on any atom is 0.222 e.